The molecule has 6 nitrogen and oxygen atoms in total. The zero-order valence-corrected chi connectivity index (χ0v) is 16.1. The maximum Gasteiger partial charge on any atom is 0.193 e. The molecule has 2 aromatic carbocycles. The quantitative estimate of drug-likeness (QED) is 0.618. The van der Waals surface area contributed by atoms with Crippen molar-refractivity contribution in [2.75, 3.05) is 18.5 Å². The summed E-state index contributed by atoms with van der Waals surface area (Å²) in [6.07, 6.45) is 0.977. The fourth-order valence-electron chi connectivity index (χ4n) is 2.75. The summed E-state index contributed by atoms with van der Waals surface area (Å²) in [7, 11) is 0. The third-order valence-electron chi connectivity index (χ3n) is 4.03. The maximum absolute atomic E-state index is 6.07. The van der Waals surface area contributed by atoms with Crippen LogP contribution in [-0.4, -0.2) is 25.3 Å². The molecule has 0 saturated carbocycles. The van der Waals surface area contributed by atoms with Crippen LogP contribution in [0.25, 0.3) is 0 Å². The van der Waals surface area contributed by atoms with Crippen LogP contribution in [0.4, 0.5) is 5.69 Å². The lowest BCUT2D eigenvalue weighted by atomic mass is 10.1. The van der Waals surface area contributed by atoms with Gasteiger partial charge in [0.1, 0.15) is 5.75 Å². The first kappa shape index (κ1) is 18.9. The van der Waals surface area contributed by atoms with Gasteiger partial charge in [-0.2, -0.15) is 0 Å². The first-order valence-electron chi connectivity index (χ1n) is 9.24. The zero-order valence-electron chi connectivity index (χ0n) is 16.1. The zero-order chi connectivity index (χ0) is 19.2. The molecule has 2 aromatic rings. The third-order valence-corrected chi connectivity index (χ3v) is 4.03. The molecule has 0 saturated heterocycles. The van der Waals surface area contributed by atoms with E-state index in [2.05, 4.69) is 10.3 Å². The van der Waals surface area contributed by atoms with Gasteiger partial charge in [-0.25, -0.2) is 4.99 Å². The predicted molar refractivity (Wildman–Crippen MR) is 108 cm³/mol. The van der Waals surface area contributed by atoms with E-state index in [1.165, 1.54) is 0 Å². The van der Waals surface area contributed by atoms with Gasteiger partial charge in [0.15, 0.2) is 17.5 Å². The number of nitrogens with one attached hydrogen (secondary N) is 1. The lowest BCUT2D eigenvalue weighted by molar-refractivity contribution is 0.240. The normalized spacial score (nSPS) is 14.0. The van der Waals surface area contributed by atoms with Crippen molar-refractivity contribution in [1.29, 1.82) is 0 Å². The molecule has 3 rings (SSSR count). The second kappa shape index (κ2) is 8.66. The summed E-state index contributed by atoms with van der Waals surface area (Å²) in [6.45, 7) is 7.81. The van der Waals surface area contributed by atoms with Crippen molar-refractivity contribution in [3.05, 3.63) is 47.5 Å². The monoisotopic (exact) mass is 369 g/mol. The molecule has 0 atom stereocenters. The molecule has 0 radical (unpaired) electrons. The minimum absolute atomic E-state index is 0.104. The van der Waals surface area contributed by atoms with E-state index >= 15 is 0 Å². The van der Waals surface area contributed by atoms with Gasteiger partial charge in [-0.05, 0) is 44.5 Å². The van der Waals surface area contributed by atoms with Crippen LogP contribution in [0.5, 0.6) is 17.2 Å². The fraction of sp³-hybridized carbons (Fsp3) is 0.381. The largest absolute Gasteiger partial charge is 0.491 e. The van der Waals surface area contributed by atoms with Gasteiger partial charge in [0.25, 0.3) is 0 Å². The Morgan fingerprint density at radius 3 is 2.70 bits per heavy atom. The number of rotatable bonds is 5. The van der Waals surface area contributed by atoms with Gasteiger partial charge in [-0.15, -0.1) is 0 Å². The number of hydrogen-bond acceptors (Lipinski definition) is 4. The Balaban J connectivity index is 1.69. The van der Waals surface area contributed by atoms with Gasteiger partial charge in [0, 0.05) is 23.7 Å². The second-order valence-electron chi connectivity index (χ2n) is 6.82. The molecule has 6 heteroatoms. The van der Waals surface area contributed by atoms with Crippen molar-refractivity contribution in [2.45, 2.75) is 39.8 Å². The summed E-state index contributed by atoms with van der Waals surface area (Å²) < 4.78 is 17.2. The number of aryl methyl sites for hydroxylation is 1. The van der Waals surface area contributed by atoms with E-state index < -0.39 is 0 Å². The standard InChI is InChI=1S/C21H27N3O3/c1-14(2)27-19-11-15(3)5-6-16(19)13-23-21(22)24-17-7-8-18-20(12-17)26-10-4-9-25-18/h5-8,11-12,14H,4,9-10,13H2,1-3H3,(H3,22,23,24). The van der Waals surface area contributed by atoms with Crippen LogP contribution in [0.15, 0.2) is 41.4 Å². The molecule has 3 N–H and O–H groups in total. The molecule has 0 fully saturated rings. The van der Waals surface area contributed by atoms with Crippen molar-refractivity contribution in [3.63, 3.8) is 0 Å². The predicted octanol–water partition coefficient (Wildman–Crippen LogP) is 3.87. The Bertz CT molecular complexity index is 818. The van der Waals surface area contributed by atoms with Gasteiger partial charge in [-0.3, -0.25) is 0 Å². The molecular weight excluding hydrogens is 342 g/mol. The third kappa shape index (κ3) is 5.29. The lowest BCUT2D eigenvalue weighted by Crippen LogP contribution is -2.22. The summed E-state index contributed by atoms with van der Waals surface area (Å²) in [5.74, 6) is 2.65. The van der Waals surface area contributed by atoms with E-state index in [0.29, 0.717) is 25.7 Å². The van der Waals surface area contributed by atoms with Crippen LogP contribution in [0.2, 0.25) is 0 Å². The average molecular weight is 369 g/mol. The number of aliphatic imine (C=N–C) groups is 1. The van der Waals surface area contributed by atoms with Gasteiger partial charge in [0.2, 0.25) is 0 Å². The Morgan fingerprint density at radius 2 is 1.93 bits per heavy atom. The highest BCUT2D eigenvalue weighted by Gasteiger charge is 2.11. The molecule has 0 aliphatic carbocycles. The molecule has 0 amide bonds. The second-order valence-corrected chi connectivity index (χ2v) is 6.82. The highest BCUT2D eigenvalue weighted by Crippen LogP contribution is 2.32. The Labute approximate surface area is 160 Å². The van der Waals surface area contributed by atoms with E-state index in [4.69, 9.17) is 19.9 Å². The van der Waals surface area contributed by atoms with Gasteiger partial charge in [-0.1, -0.05) is 12.1 Å². The number of nitrogens with two attached hydrogens (primary N) is 1. The Hall–Kier alpha value is -2.89. The van der Waals surface area contributed by atoms with E-state index in [1.54, 1.807) is 0 Å². The van der Waals surface area contributed by atoms with Crippen LogP contribution in [-0.2, 0) is 6.54 Å². The summed E-state index contributed by atoms with van der Waals surface area (Å²) in [6, 6.07) is 11.8. The van der Waals surface area contributed by atoms with Crippen molar-refractivity contribution in [1.82, 2.24) is 0 Å². The number of nitrogens with zero attached hydrogens (tertiary/aromatic N) is 1. The van der Waals surface area contributed by atoms with E-state index in [9.17, 15) is 0 Å². The van der Waals surface area contributed by atoms with Gasteiger partial charge < -0.3 is 25.3 Å². The van der Waals surface area contributed by atoms with Crippen molar-refractivity contribution < 1.29 is 14.2 Å². The van der Waals surface area contributed by atoms with Crippen molar-refractivity contribution in [3.8, 4) is 17.2 Å². The Kier molecular flexibility index (Phi) is 6.06. The molecule has 27 heavy (non-hydrogen) atoms. The van der Waals surface area contributed by atoms with Crippen molar-refractivity contribution >= 4 is 11.6 Å². The van der Waals surface area contributed by atoms with Crippen molar-refractivity contribution in [2.24, 2.45) is 10.7 Å². The smallest absolute Gasteiger partial charge is 0.193 e. The highest BCUT2D eigenvalue weighted by atomic mass is 16.5. The SMILES string of the molecule is Cc1ccc(CN=C(N)Nc2ccc3c(c2)OCCCO3)c(OC(C)C)c1. The molecule has 1 aliphatic heterocycles. The molecule has 0 bridgehead atoms. The van der Waals surface area contributed by atoms with Crippen LogP contribution in [0.1, 0.15) is 31.4 Å². The summed E-state index contributed by atoms with van der Waals surface area (Å²) in [5.41, 5.74) is 9.02. The molecule has 1 heterocycles. The van der Waals surface area contributed by atoms with Crippen LogP contribution < -0.4 is 25.3 Å². The first-order valence-corrected chi connectivity index (χ1v) is 9.24. The number of benzene rings is 2. The maximum atomic E-state index is 6.07. The van der Waals surface area contributed by atoms with Gasteiger partial charge in [0.05, 0.1) is 25.9 Å². The van der Waals surface area contributed by atoms with Crippen LogP contribution in [0, 0.1) is 6.92 Å². The molecule has 0 aromatic heterocycles. The number of ether oxygens (including phenoxy) is 3. The topological polar surface area (TPSA) is 78.1 Å². The van der Waals surface area contributed by atoms with Crippen LogP contribution >= 0.6 is 0 Å². The minimum atomic E-state index is 0.104. The molecule has 0 unspecified atom stereocenters. The van der Waals surface area contributed by atoms with E-state index in [0.717, 1.165) is 40.5 Å². The van der Waals surface area contributed by atoms with Gasteiger partial charge >= 0.3 is 0 Å². The summed E-state index contributed by atoms with van der Waals surface area (Å²) in [5, 5.41) is 3.11. The minimum Gasteiger partial charge on any atom is -0.491 e. The van der Waals surface area contributed by atoms with E-state index in [1.807, 2.05) is 57.2 Å². The number of guanidine groups is 1. The average Bonchev–Trinajstić information content (AvgIpc) is 2.85. The lowest BCUT2D eigenvalue weighted by Gasteiger charge is -2.14. The number of fused-ring (bicyclic) bond motifs is 1. The molecular formula is C21H27N3O3. The van der Waals surface area contributed by atoms with E-state index in [-0.39, 0.29) is 6.10 Å². The van der Waals surface area contributed by atoms with Crippen LogP contribution in [0.3, 0.4) is 0 Å². The first-order chi connectivity index (χ1) is 13.0. The highest BCUT2D eigenvalue weighted by molar-refractivity contribution is 5.92. The molecule has 1 aliphatic rings. The molecule has 144 valence electrons. The number of anilines is 1. The summed E-state index contributed by atoms with van der Waals surface area (Å²) >= 11 is 0. The fourth-order valence-corrected chi connectivity index (χ4v) is 2.75. The summed E-state index contributed by atoms with van der Waals surface area (Å²) in [4.78, 5) is 4.45. The Morgan fingerprint density at radius 1 is 1.15 bits per heavy atom. The molecule has 0 spiro atoms. The number of hydrogen-bond donors (Lipinski definition) is 2.